The van der Waals surface area contributed by atoms with Gasteiger partial charge in [0.15, 0.2) is 5.13 Å². The van der Waals surface area contributed by atoms with Crippen LogP contribution in [0.25, 0.3) is 11.3 Å². The van der Waals surface area contributed by atoms with Crippen molar-refractivity contribution in [1.29, 1.82) is 0 Å². The van der Waals surface area contributed by atoms with Crippen LogP contribution in [-0.2, 0) is 13.2 Å². The molecule has 0 aliphatic heterocycles. The van der Waals surface area contributed by atoms with Crippen molar-refractivity contribution in [3.8, 4) is 17.0 Å². The van der Waals surface area contributed by atoms with E-state index in [9.17, 15) is 4.79 Å². The summed E-state index contributed by atoms with van der Waals surface area (Å²) in [5, 5.41) is 11.6. The normalized spacial score (nSPS) is 10.9. The molecule has 8 heteroatoms. The second-order valence-electron chi connectivity index (χ2n) is 6.95. The molecule has 0 atom stereocenters. The number of nitrogens with zero attached hydrogens (tertiary/aromatic N) is 3. The molecule has 0 unspecified atom stereocenters. The molecule has 154 valence electrons. The maximum absolute atomic E-state index is 12.6. The van der Waals surface area contributed by atoms with Crippen molar-refractivity contribution >= 4 is 33.7 Å². The van der Waals surface area contributed by atoms with Crippen LogP contribution in [0.2, 0.25) is 0 Å². The van der Waals surface area contributed by atoms with E-state index in [1.807, 2.05) is 53.7 Å². The van der Waals surface area contributed by atoms with Crippen LogP contribution in [0.1, 0.15) is 33.3 Å². The highest BCUT2D eigenvalue weighted by atomic mass is 32.1. The van der Waals surface area contributed by atoms with E-state index in [2.05, 4.69) is 28.4 Å². The largest absolute Gasteiger partial charge is 0.489 e. The molecule has 0 saturated carbocycles. The van der Waals surface area contributed by atoms with E-state index in [1.165, 1.54) is 28.2 Å². The van der Waals surface area contributed by atoms with Gasteiger partial charge in [0.2, 0.25) is 0 Å². The van der Waals surface area contributed by atoms with E-state index in [0.717, 1.165) is 34.7 Å². The van der Waals surface area contributed by atoms with E-state index < -0.39 is 0 Å². The number of ether oxygens (including phenoxy) is 1. The number of carbonyl (C=O) groups is 1. The minimum atomic E-state index is -0.164. The summed E-state index contributed by atoms with van der Waals surface area (Å²) in [5.41, 5.74) is 5.03. The first-order valence-corrected chi connectivity index (χ1v) is 11.3. The van der Waals surface area contributed by atoms with E-state index in [-0.39, 0.29) is 5.91 Å². The van der Waals surface area contributed by atoms with Crippen molar-refractivity contribution in [2.75, 3.05) is 5.32 Å². The number of anilines is 1. The quantitative estimate of drug-likeness (QED) is 0.411. The summed E-state index contributed by atoms with van der Waals surface area (Å²) in [6, 6.07) is 7.97. The number of amides is 1. The van der Waals surface area contributed by atoms with E-state index in [1.54, 1.807) is 6.20 Å². The summed E-state index contributed by atoms with van der Waals surface area (Å²) in [7, 11) is 0. The standard InChI is InChI=1S/C22H22N4O2S2/c1-4-26-10-17(9-23-26)18-13-30-22(24-18)25-21(27)20-8-16(12-29-20)11-28-19-6-5-14(2)7-15(19)3/h5-10,12-13H,4,11H2,1-3H3,(H,24,25,27). The van der Waals surface area contributed by atoms with Gasteiger partial charge in [0.25, 0.3) is 5.91 Å². The molecule has 1 aromatic carbocycles. The first kappa shape index (κ1) is 20.3. The Bertz CT molecular complexity index is 1180. The first-order chi connectivity index (χ1) is 14.5. The highest BCUT2D eigenvalue weighted by molar-refractivity contribution is 7.14. The predicted molar refractivity (Wildman–Crippen MR) is 122 cm³/mol. The van der Waals surface area contributed by atoms with Crippen molar-refractivity contribution in [3.63, 3.8) is 0 Å². The molecule has 0 spiro atoms. The van der Waals surface area contributed by atoms with E-state index in [0.29, 0.717) is 16.6 Å². The Morgan fingerprint density at radius 2 is 2.07 bits per heavy atom. The lowest BCUT2D eigenvalue weighted by molar-refractivity contribution is 0.103. The van der Waals surface area contributed by atoms with Gasteiger partial charge in [-0.2, -0.15) is 5.10 Å². The average Bonchev–Trinajstić information content (AvgIpc) is 3.47. The van der Waals surface area contributed by atoms with Gasteiger partial charge >= 0.3 is 0 Å². The zero-order chi connectivity index (χ0) is 21.1. The van der Waals surface area contributed by atoms with Crippen molar-refractivity contribution in [1.82, 2.24) is 14.8 Å². The Morgan fingerprint density at radius 1 is 1.20 bits per heavy atom. The minimum absolute atomic E-state index is 0.164. The molecule has 6 nitrogen and oxygen atoms in total. The minimum Gasteiger partial charge on any atom is -0.489 e. The fourth-order valence-electron chi connectivity index (χ4n) is 2.98. The molecular weight excluding hydrogens is 416 g/mol. The smallest absolute Gasteiger partial charge is 0.267 e. The van der Waals surface area contributed by atoms with E-state index >= 15 is 0 Å². The summed E-state index contributed by atoms with van der Waals surface area (Å²) >= 11 is 2.80. The first-order valence-electron chi connectivity index (χ1n) is 9.59. The summed E-state index contributed by atoms with van der Waals surface area (Å²) < 4.78 is 7.76. The number of thiophene rings is 1. The third-order valence-corrected chi connectivity index (χ3v) is 6.32. The van der Waals surface area contributed by atoms with Crippen LogP contribution in [0.3, 0.4) is 0 Å². The highest BCUT2D eigenvalue weighted by Crippen LogP contribution is 2.26. The van der Waals surface area contributed by atoms with Gasteiger partial charge in [-0.25, -0.2) is 4.98 Å². The van der Waals surface area contributed by atoms with Gasteiger partial charge < -0.3 is 4.74 Å². The average molecular weight is 439 g/mol. The Morgan fingerprint density at radius 3 is 2.83 bits per heavy atom. The van der Waals surface area contributed by atoms with Crippen LogP contribution < -0.4 is 10.1 Å². The van der Waals surface area contributed by atoms with Crippen LogP contribution in [0, 0.1) is 13.8 Å². The van der Waals surface area contributed by atoms with E-state index in [4.69, 9.17) is 4.74 Å². The third kappa shape index (κ3) is 4.60. The van der Waals surface area contributed by atoms with Crippen molar-refractivity contribution < 1.29 is 9.53 Å². The summed E-state index contributed by atoms with van der Waals surface area (Å²) in [4.78, 5) is 17.7. The molecule has 4 rings (SSSR count). The topological polar surface area (TPSA) is 69.0 Å². The number of rotatable bonds is 7. The highest BCUT2D eigenvalue weighted by Gasteiger charge is 2.13. The number of nitrogens with one attached hydrogen (secondary N) is 1. The lowest BCUT2D eigenvalue weighted by Gasteiger charge is -2.08. The number of carbonyl (C=O) groups excluding carboxylic acids is 1. The summed E-state index contributed by atoms with van der Waals surface area (Å²) in [5.74, 6) is 0.697. The third-order valence-electron chi connectivity index (χ3n) is 4.58. The molecule has 0 bridgehead atoms. The van der Waals surface area contributed by atoms with Gasteiger partial charge in [0.1, 0.15) is 12.4 Å². The second kappa shape index (κ2) is 8.81. The molecule has 0 fully saturated rings. The predicted octanol–water partition coefficient (Wildman–Crippen LogP) is 5.54. The number of aryl methyl sites for hydroxylation is 3. The Kier molecular flexibility index (Phi) is 5.96. The summed E-state index contributed by atoms with van der Waals surface area (Å²) in [6.45, 7) is 7.36. The van der Waals surface area contributed by atoms with Crippen LogP contribution in [0.15, 0.2) is 47.4 Å². The fourth-order valence-corrected chi connectivity index (χ4v) is 4.49. The molecule has 3 heterocycles. The van der Waals surface area contributed by atoms with Gasteiger partial charge in [-0.15, -0.1) is 22.7 Å². The molecule has 0 aliphatic rings. The molecule has 1 N–H and O–H groups in total. The van der Waals surface area contributed by atoms with Crippen LogP contribution >= 0.6 is 22.7 Å². The van der Waals surface area contributed by atoms with Crippen LogP contribution in [-0.4, -0.2) is 20.7 Å². The van der Waals surface area contributed by atoms with Gasteiger partial charge in [0, 0.05) is 29.2 Å². The number of benzene rings is 1. The second-order valence-corrected chi connectivity index (χ2v) is 8.72. The number of thiazole rings is 1. The lowest BCUT2D eigenvalue weighted by Crippen LogP contribution is -2.09. The van der Waals surface area contributed by atoms with Crippen LogP contribution in [0.5, 0.6) is 5.75 Å². The number of aromatic nitrogens is 3. The molecule has 1 amide bonds. The zero-order valence-corrected chi connectivity index (χ0v) is 18.6. The van der Waals surface area contributed by atoms with Gasteiger partial charge in [0.05, 0.1) is 16.8 Å². The Labute approximate surface area is 183 Å². The number of hydrogen-bond donors (Lipinski definition) is 1. The Balaban J connectivity index is 1.37. The van der Waals surface area contributed by atoms with Gasteiger partial charge in [-0.3, -0.25) is 14.8 Å². The van der Waals surface area contributed by atoms with Gasteiger partial charge in [-0.05, 0) is 43.8 Å². The molecular formula is C22H22N4O2S2. The zero-order valence-electron chi connectivity index (χ0n) is 17.0. The van der Waals surface area contributed by atoms with Crippen molar-refractivity contribution in [3.05, 3.63) is 69.0 Å². The summed E-state index contributed by atoms with van der Waals surface area (Å²) in [6.07, 6.45) is 3.73. The SMILES string of the molecule is CCn1cc(-c2csc(NC(=O)c3cc(COc4ccc(C)cc4C)cs3)n2)cn1. The molecule has 0 aliphatic carbocycles. The molecule has 30 heavy (non-hydrogen) atoms. The molecule has 4 aromatic rings. The monoisotopic (exact) mass is 438 g/mol. The maximum atomic E-state index is 12.6. The number of hydrogen-bond acceptors (Lipinski definition) is 6. The lowest BCUT2D eigenvalue weighted by atomic mass is 10.1. The Hall–Kier alpha value is -2.97. The molecule has 3 aromatic heterocycles. The molecule has 0 saturated heterocycles. The van der Waals surface area contributed by atoms with Crippen LogP contribution in [0.4, 0.5) is 5.13 Å². The van der Waals surface area contributed by atoms with Crippen molar-refractivity contribution in [2.45, 2.75) is 33.9 Å². The fraction of sp³-hybridized carbons (Fsp3) is 0.227. The molecule has 0 radical (unpaired) electrons. The van der Waals surface area contributed by atoms with Crippen molar-refractivity contribution in [2.24, 2.45) is 0 Å². The maximum Gasteiger partial charge on any atom is 0.267 e. The van der Waals surface area contributed by atoms with Gasteiger partial charge in [-0.1, -0.05) is 17.7 Å².